The van der Waals surface area contributed by atoms with Crippen molar-refractivity contribution >= 4 is 17.7 Å². The molecule has 0 radical (unpaired) electrons. The number of carboxylic acid groups (broad SMARTS) is 1. The molecular formula is C24H23F3O4S. The molecule has 32 heavy (non-hydrogen) atoms. The summed E-state index contributed by atoms with van der Waals surface area (Å²) in [6.45, 7) is 5.33. The lowest BCUT2D eigenvalue weighted by Crippen LogP contribution is -2.27. The van der Waals surface area contributed by atoms with Gasteiger partial charge in [-0.2, -0.15) is 13.2 Å². The standard InChI is InChI=1S/C24H23F3O4S/c1-15-18(12-21(31-15)17-7-9-19(10-8-17)24(25,26)27)13-30-20-6-4-5-16(11-20)14-32-23(2,3)22(28)29/h4-12H,13-14H2,1-3H3,(H,28,29). The number of thioether (sulfide) groups is 1. The number of aliphatic carboxylic acids is 1. The van der Waals surface area contributed by atoms with Gasteiger partial charge in [0.25, 0.3) is 0 Å². The van der Waals surface area contributed by atoms with E-state index in [0.717, 1.165) is 23.3 Å². The minimum atomic E-state index is -4.38. The number of aryl methyl sites for hydroxylation is 1. The van der Waals surface area contributed by atoms with E-state index in [2.05, 4.69) is 0 Å². The van der Waals surface area contributed by atoms with Crippen molar-refractivity contribution in [3.8, 4) is 17.1 Å². The van der Waals surface area contributed by atoms with Gasteiger partial charge in [0.2, 0.25) is 0 Å². The minimum Gasteiger partial charge on any atom is -0.489 e. The number of hydrogen-bond donors (Lipinski definition) is 1. The first-order valence-electron chi connectivity index (χ1n) is 9.82. The van der Waals surface area contributed by atoms with Crippen LogP contribution in [0.5, 0.6) is 5.75 Å². The Morgan fingerprint density at radius 3 is 2.41 bits per heavy atom. The third-order valence-corrected chi connectivity index (χ3v) is 6.30. The van der Waals surface area contributed by atoms with Crippen molar-refractivity contribution in [2.45, 2.75) is 44.1 Å². The van der Waals surface area contributed by atoms with Crippen LogP contribution in [0, 0.1) is 6.92 Å². The third-order valence-electron chi connectivity index (χ3n) is 4.92. The Morgan fingerprint density at radius 1 is 1.09 bits per heavy atom. The molecule has 2 aromatic carbocycles. The normalized spacial score (nSPS) is 12.1. The highest BCUT2D eigenvalue weighted by atomic mass is 32.2. The van der Waals surface area contributed by atoms with Crippen LogP contribution >= 0.6 is 11.8 Å². The maximum atomic E-state index is 12.8. The molecule has 1 N–H and O–H groups in total. The lowest BCUT2D eigenvalue weighted by Gasteiger charge is -2.18. The summed E-state index contributed by atoms with van der Waals surface area (Å²) in [6, 6.07) is 14.0. The first kappa shape index (κ1) is 23.8. The highest BCUT2D eigenvalue weighted by Gasteiger charge is 2.30. The Kier molecular flexibility index (Phi) is 6.93. The molecule has 0 saturated heterocycles. The predicted molar refractivity (Wildman–Crippen MR) is 118 cm³/mol. The van der Waals surface area contributed by atoms with Crippen molar-refractivity contribution in [2.75, 3.05) is 0 Å². The van der Waals surface area contributed by atoms with Gasteiger partial charge in [-0.3, -0.25) is 4.79 Å². The van der Waals surface area contributed by atoms with E-state index in [4.69, 9.17) is 9.15 Å². The molecule has 0 spiro atoms. The van der Waals surface area contributed by atoms with E-state index >= 15 is 0 Å². The van der Waals surface area contributed by atoms with E-state index in [1.54, 1.807) is 26.8 Å². The fourth-order valence-electron chi connectivity index (χ4n) is 2.84. The number of halogens is 3. The molecule has 8 heteroatoms. The molecule has 0 bridgehead atoms. The number of furan rings is 1. The topological polar surface area (TPSA) is 59.7 Å². The van der Waals surface area contributed by atoms with Gasteiger partial charge in [-0.1, -0.05) is 24.3 Å². The van der Waals surface area contributed by atoms with Gasteiger partial charge >= 0.3 is 12.1 Å². The number of benzene rings is 2. The van der Waals surface area contributed by atoms with Gasteiger partial charge in [0.1, 0.15) is 28.6 Å². The summed E-state index contributed by atoms with van der Waals surface area (Å²) in [4.78, 5) is 11.3. The fourth-order valence-corrected chi connectivity index (χ4v) is 3.67. The molecular weight excluding hydrogens is 441 g/mol. The van der Waals surface area contributed by atoms with E-state index in [0.29, 0.717) is 28.6 Å². The van der Waals surface area contributed by atoms with Gasteiger partial charge in [0.05, 0.1) is 5.56 Å². The number of ether oxygens (including phenoxy) is 1. The number of alkyl halides is 3. The Bertz CT molecular complexity index is 1090. The molecule has 0 fully saturated rings. The zero-order chi connectivity index (χ0) is 23.5. The summed E-state index contributed by atoms with van der Waals surface area (Å²) in [5.41, 5.74) is 1.56. The second-order valence-electron chi connectivity index (χ2n) is 7.81. The summed E-state index contributed by atoms with van der Waals surface area (Å²) in [5, 5.41) is 9.24. The summed E-state index contributed by atoms with van der Waals surface area (Å²) in [6.07, 6.45) is -4.38. The first-order chi connectivity index (χ1) is 15.0. The average Bonchev–Trinajstić information content (AvgIpc) is 3.11. The molecule has 1 heterocycles. The van der Waals surface area contributed by atoms with Gasteiger partial charge < -0.3 is 14.3 Å². The number of rotatable bonds is 8. The van der Waals surface area contributed by atoms with Gasteiger partial charge in [-0.25, -0.2) is 0 Å². The average molecular weight is 465 g/mol. The van der Waals surface area contributed by atoms with E-state index in [1.807, 2.05) is 24.3 Å². The SMILES string of the molecule is Cc1oc(-c2ccc(C(F)(F)F)cc2)cc1COc1cccc(CSC(C)(C)C(=O)O)c1. The number of hydrogen-bond acceptors (Lipinski definition) is 4. The second kappa shape index (κ2) is 9.32. The molecule has 3 rings (SSSR count). The molecule has 4 nitrogen and oxygen atoms in total. The molecule has 0 aliphatic rings. The maximum absolute atomic E-state index is 12.8. The lowest BCUT2D eigenvalue weighted by atomic mass is 10.1. The maximum Gasteiger partial charge on any atom is 0.416 e. The van der Waals surface area contributed by atoms with Crippen molar-refractivity contribution in [3.05, 3.63) is 77.0 Å². The zero-order valence-electron chi connectivity index (χ0n) is 17.8. The summed E-state index contributed by atoms with van der Waals surface area (Å²) in [5.74, 6) is 1.38. The molecule has 1 aromatic heterocycles. The minimum absolute atomic E-state index is 0.229. The van der Waals surface area contributed by atoms with Gasteiger partial charge in [-0.15, -0.1) is 11.8 Å². The Morgan fingerprint density at radius 2 is 1.78 bits per heavy atom. The van der Waals surface area contributed by atoms with Crippen LogP contribution in [0.2, 0.25) is 0 Å². The van der Waals surface area contributed by atoms with Crippen LogP contribution in [0.4, 0.5) is 13.2 Å². The Balaban J connectivity index is 1.66. The van der Waals surface area contributed by atoms with Gasteiger partial charge in [-0.05, 0) is 56.7 Å². The lowest BCUT2D eigenvalue weighted by molar-refractivity contribution is -0.139. The van der Waals surface area contributed by atoms with Gasteiger partial charge in [0.15, 0.2) is 0 Å². The van der Waals surface area contributed by atoms with Crippen molar-refractivity contribution in [1.82, 2.24) is 0 Å². The van der Waals surface area contributed by atoms with Crippen LogP contribution in [-0.4, -0.2) is 15.8 Å². The zero-order valence-corrected chi connectivity index (χ0v) is 18.6. The second-order valence-corrected chi connectivity index (χ2v) is 9.41. The molecule has 0 aliphatic carbocycles. The van der Waals surface area contributed by atoms with Crippen LogP contribution in [0.1, 0.15) is 36.3 Å². The van der Waals surface area contributed by atoms with Gasteiger partial charge in [0, 0.05) is 16.9 Å². The van der Waals surface area contributed by atoms with E-state index in [-0.39, 0.29) is 6.61 Å². The van der Waals surface area contributed by atoms with Crippen LogP contribution in [0.25, 0.3) is 11.3 Å². The Hall–Kier alpha value is -2.87. The molecule has 0 amide bonds. The van der Waals surface area contributed by atoms with Crippen LogP contribution in [-0.2, 0) is 23.3 Å². The van der Waals surface area contributed by atoms with Crippen molar-refractivity contribution in [2.24, 2.45) is 0 Å². The quantitative estimate of drug-likeness (QED) is 0.391. The number of carboxylic acids is 1. The van der Waals surface area contributed by atoms with Crippen LogP contribution < -0.4 is 4.74 Å². The third kappa shape index (κ3) is 5.88. The molecule has 0 atom stereocenters. The summed E-state index contributed by atoms with van der Waals surface area (Å²) >= 11 is 1.33. The van der Waals surface area contributed by atoms with Crippen molar-refractivity contribution < 1.29 is 32.2 Å². The molecule has 0 unspecified atom stereocenters. The largest absolute Gasteiger partial charge is 0.489 e. The van der Waals surface area contributed by atoms with E-state index in [9.17, 15) is 23.1 Å². The molecule has 0 saturated carbocycles. The van der Waals surface area contributed by atoms with Crippen LogP contribution in [0.15, 0.2) is 59.0 Å². The molecule has 170 valence electrons. The first-order valence-corrected chi connectivity index (χ1v) is 10.8. The van der Waals surface area contributed by atoms with Crippen LogP contribution in [0.3, 0.4) is 0 Å². The smallest absolute Gasteiger partial charge is 0.416 e. The van der Waals surface area contributed by atoms with E-state index < -0.39 is 22.5 Å². The highest BCUT2D eigenvalue weighted by molar-refractivity contribution is 8.00. The van der Waals surface area contributed by atoms with E-state index in [1.165, 1.54) is 23.9 Å². The monoisotopic (exact) mass is 464 g/mol. The summed E-state index contributed by atoms with van der Waals surface area (Å²) in [7, 11) is 0. The summed E-state index contributed by atoms with van der Waals surface area (Å²) < 4.78 is 49.0. The Labute approximate surface area is 188 Å². The molecule has 0 aliphatic heterocycles. The fraction of sp³-hybridized carbons (Fsp3) is 0.292. The number of carbonyl (C=O) groups is 1. The van der Waals surface area contributed by atoms with Crippen molar-refractivity contribution in [3.63, 3.8) is 0 Å². The van der Waals surface area contributed by atoms with Crippen molar-refractivity contribution in [1.29, 1.82) is 0 Å². The predicted octanol–water partition coefficient (Wildman–Crippen LogP) is 6.95. The highest BCUT2D eigenvalue weighted by Crippen LogP contribution is 2.33. The molecule has 3 aromatic rings.